The van der Waals surface area contributed by atoms with Crippen molar-refractivity contribution in [3.05, 3.63) is 59.2 Å². The number of ether oxygens (including phenoxy) is 3. The Hall–Kier alpha value is -3.77. The number of rotatable bonds is 5. The maximum absolute atomic E-state index is 13.6. The summed E-state index contributed by atoms with van der Waals surface area (Å²) in [4.78, 5) is 32.0. The van der Waals surface area contributed by atoms with Crippen molar-refractivity contribution in [1.29, 1.82) is 0 Å². The van der Waals surface area contributed by atoms with Gasteiger partial charge in [-0.3, -0.25) is 4.79 Å². The number of nitrogens with zero attached hydrogens (tertiary/aromatic N) is 4. The number of hydrogen-bond acceptors (Lipinski definition) is 8. The zero-order valence-corrected chi connectivity index (χ0v) is 26.6. The first kappa shape index (κ1) is 30.3. The van der Waals surface area contributed by atoms with Crippen LogP contribution in [0.25, 0.3) is 0 Å². The molecule has 1 fully saturated rings. The fraction of sp³-hybridized carbons (Fsp3) is 0.500. The summed E-state index contributed by atoms with van der Waals surface area (Å²) in [5, 5.41) is 0. The number of benzene rings is 2. The number of anilines is 1. The second kappa shape index (κ2) is 11.6. The summed E-state index contributed by atoms with van der Waals surface area (Å²) in [6, 6.07) is 12.8. The normalized spacial score (nSPS) is 19.7. The van der Waals surface area contributed by atoms with Gasteiger partial charge in [-0.05, 0) is 68.7 Å². The topological polar surface area (TPSA) is 109 Å². The molecule has 0 spiro atoms. The summed E-state index contributed by atoms with van der Waals surface area (Å²) in [5.41, 5.74) is 3.40. The number of amides is 2. The molecule has 6 rings (SSSR count). The molecule has 0 aromatic heterocycles. The van der Waals surface area contributed by atoms with Gasteiger partial charge < -0.3 is 28.9 Å². The van der Waals surface area contributed by atoms with Crippen molar-refractivity contribution in [2.45, 2.75) is 44.1 Å². The highest BCUT2D eigenvalue weighted by atomic mass is 32.2. The largest absolute Gasteiger partial charge is 0.486 e. The predicted octanol–water partition coefficient (Wildman–Crippen LogP) is 3.46. The summed E-state index contributed by atoms with van der Waals surface area (Å²) in [7, 11) is -3.72. The van der Waals surface area contributed by atoms with E-state index in [1.807, 2.05) is 50.8 Å². The Kier molecular flexibility index (Phi) is 8.00. The highest BCUT2D eigenvalue weighted by molar-refractivity contribution is 7.89. The van der Waals surface area contributed by atoms with Gasteiger partial charge in [0.25, 0.3) is 0 Å². The lowest BCUT2D eigenvalue weighted by Gasteiger charge is -2.37. The summed E-state index contributed by atoms with van der Waals surface area (Å²) in [5.74, 6) is 0.657. The van der Waals surface area contributed by atoms with Crippen LogP contribution in [0, 0.1) is 0 Å². The number of carbonyl (C=O) groups excluding carboxylic acids is 2. The summed E-state index contributed by atoms with van der Waals surface area (Å²) < 4.78 is 44.9. The minimum atomic E-state index is -3.72. The van der Waals surface area contributed by atoms with E-state index >= 15 is 0 Å². The Balaban J connectivity index is 1.04. The van der Waals surface area contributed by atoms with Crippen LogP contribution in [0.1, 0.15) is 39.2 Å². The summed E-state index contributed by atoms with van der Waals surface area (Å²) in [6.07, 6.45) is -0.291. The van der Waals surface area contributed by atoms with Crippen molar-refractivity contribution in [2.24, 2.45) is 0 Å². The lowest BCUT2D eigenvalue weighted by atomic mass is 9.98. The Bertz CT molecular complexity index is 1570. The standard InChI is InChI=1S/C32H40N4O7S/c1-22(23-6-5-7-26(16-23)33-10-12-34(13-11-33)31(38)43-32(2,3)4)30(37)35-18-24-20-36(21-25(24)19-35)44(39,40)27-8-9-28-29(17-27)42-15-14-41-28/h5-9,16-17,22H,10-15,18-21H2,1-4H3. The first-order valence-corrected chi connectivity index (χ1v) is 16.5. The molecule has 0 radical (unpaired) electrons. The van der Waals surface area contributed by atoms with E-state index < -0.39 is 15.6 Å². The minimum Gasteiger partial charge on any atom is -0.486 e. The van der Waals surface area contributed by atoms with Crippen molar-refractivity contribution >= 4 is 27.7 Å². The van der Waals surface area contributed by atoms with Crippen LogP contribution in [0.15, 0.2) is 58.5 Å². The number of piperazine rings is 1. The van der Waals surface area contributed by atoms with Gasteiger partial charge in [0.15, 0.2) is 11.5 Å². The van der Waals surface area contributed by atoms with Crippen LogP contribution in [0.5, 0.6) is 11.5 Å². The van der Waals surface area contributed by atoms with E-state index in [2.05, 4.69) is 11.0 Å². The van der Waals surface area contributed by atoms with Crippen molar-refractivity contribution in [2.75, 3.05) is 70.5 Å². The monoisotopic (exact) mass is 624 g/mol. The van der Waals surface area contributed by atoms with Gasteiger partial charge in [0.2, 0.25) is 15.9 Å². The molecule has 4 aliphatic heterocycles. The van der Waals surface area contributed by atoms with E-state index in [1.54, 1.807) is 17.0 Å². The SMILES string of the molecule is CC(C(=O)N1CC2=C(C1)CN(S(=O)(=O)c1ccc3c(c1)OCCO3)C2)c1cccc(N2CCN(C(=O)OC(C)(C)C)CC2)c1. The van der Waals surface area contributed by atoms with Crippen molar-refractivity contribution in [3.63, 3.8) is 0 Å². The van der Waals surface area contributed by atoms with E-state index in [0.717, 1.165) is 22.4 Å². The van der Waals surface area contributed by atoms with Crippen molar-refractivity contribution < 1.29 is 32.2 Å². The third-order valence-corrected chi connectivity index (χ3v) is 10.3. The van der Waals surface area contributed by atoms with Crippen LogP contribution in [-0.4, -0.2) is 106 Å². The fourth-order valence-electron chi connectivity index (χ4n) is 6.09. The molecule has 44 heavy (non-hydrogen) atoms. The first-order chi connectivity index (χ1) is 20.9. The van der Waals surface area contributed by atoms with Gasteiger partial charge in [-0.2, -0.15) is 4.31 Å². The maximum atomic E-state index is 13.6. The molecule has 0 saturated carbocycles. The Morgan fingerprint density at radius 2 is 1.50 bits per heavy atom. The molecular formula is C32H40N4O7S. The molecule has 0 N–H and O–H groups in total. The van der Waals surface area contributed by atoms with Gasteiger partial charge in [0.05, 0.1) is 10.8 Å². The van der Waals surface area contributed by atoms with E-state index in [4.69, 9.17) is 14.2 Å². The molecule has 0 aliphatic carbocycles. The molecule has 236 valence electrons. The molecule has 0 bridgehead atoms. The van der Waals surface area contributed by atoms with E-state index in [-0.39, 0.29) is 35.9 Å². The van der Waals surface area contributed by atoms with Crippen LogP contribution in [-0.2, 0) is 19.6 Å². The highest BCUT2D eigenvalue weighted by Crippen LogP contribution is 2.36. The number of hydrogen-bond donors (Lipinski definition) is 0. The van der Waals surface area contributed by atoms with Gasteiger partial charge in [0, 0.05) is 64.1 Å². The third-order valence-electron chi connectivity index (χ3n) is 8.50. The summed E-state index contributed by atoms with van der Waals surface area (Å²) >= 11 is 0. The highest BCUT2D eigenvalue weighted by Gasteiger charge is 2.39. The van der Waals surface area contributed by atoms with Gasteiger partial charge in [-0.15, -0.1) is 0 Å². The van der Waals surface area contributed by atoms with Gasteiger partial charge >= 0.3 is 6.09 Å². The first-order valence-electron chi connectivity index (χ1n) is 15.1. The number of carbonyl (C=O) groups is 2. The molecule has 2 aromatic rings. The zero-order valence-electron chi connectivity index (χ0n) is 25.7. The predicted molar refractivity (Wildman–Crippen MR) is 165 cm³/mol. The Morgan fingerprint density at radius 3 is 2.16 bits per heavy atom. The van der Waals surface area contributed by atoms with E-state index in [0.29, 0.717) is 64.0 Å². The average Bonchev–Trinajstić information content (AvgIpc) is 3.60. The van der Waals surface area contributed by atoms with Crippen LogP contribution < -0.4 is 14.4 Å². The van der Waals surface area contributed by atoms with Crippen LogP contribution in [0.4, 0.5) is 10.5 Å². The maximum Gasteiger partial charge on any atom is 0.410 e. The lowest BCUT2D eigenvalue weighted by molar-refractivity contribution is -0.131. The quantitative estimate of drug-likeness (QED) is 0.466. The van der Waals surface area contributed by atoms with Crippen LogP contribution in [0.3, 0.4) is 0 Å². The van der Waals surface area contributed by atoms with Gasteiger partial charge in [-0.25, -0.2) is 13.2 Å². The Morgan fingerprint density at radius 1 is 0.841 bits per heavy atom. The number of fused-ring (bicyclic) bond motifs is 1. The molecule has 1 atom stereocenters. The van der Waals surface area contributed by atoms with Gasteiger partial charge in [0.1, 0.15) is 18.8 Å². The van der Waals surface area contributed by atoms with E-state index in [1.165, 1.54) is 10.4 Å². The third kappa shape index (κ3) is 6.10. The van der Waals surface area contributed by atoms with Crippen LogP contribution >= 0.6 is 0 Å². The molecule has 1 saturated heterocycles. The summed E-state index contributed by atoms with van der Waals surface area (Å²) in [6.45, 7) is 12.2. The molecule has 2 aromatic carbocycles. The fourth-order valence-corrected chi connectivity index (χ4v) is 7.53. The smallest absolute Gasteiger partial charge is 0.410 e. The zero-order chi connectivity index (χ0) is 31.2. The molecule has 1 unspecified atom stereocenters. The van der Waals surface area contributed by atoms with Crippen molar-refractivity contribution in [1.82, 2.24) is 14.1 Å². The lowest BCUT2D eigenvalue weighted by Crippen LogP contribution is -2.50. The second-order valence-corrected chi connectivity index (χ2v) is 14.7. The van der Waals surface area contributed by atoms with Crippen molar-refractivity contribution in [3.8, 4) is 11.5 Å². The van der Waals surface area contributed by atoms with E-state index in [9.17, 15) is 18.0 Å². The van der Waals surface area contributed by atoms with Gasteiger partial charge in [-0.1, -0.05) is 12.1 Å². The molecule has 2 amide bonds. The number of sulfonamides is 1. The Labute approximate surface area is 259 Å². The second-order valence-electron chi connectivity index (χ2n) is 12.8. The molecular weight excluding hydrogens is 584 g/mol. The molecule has 11 nitrogen and oxygen atoms in total. The molecule has 4 aliphatic rings. The minimum absolute atomic E-state index is 0.0209. The molecule has 4 heterocycles. The van der Waals surface area contributed by atoms with Crippen LogP contribution in [0.2, 0.25) is 0 Å². The molecule has 12 heteroatoms. The average molecular weight is 625 g/mol.